The minimum absolute atomic E-state index is 0.0870. The normalized spacial score (nSPS) is 13.0. The van der Waals surface area contributed by atoms with E-state index < -0.39 is 6.10 Å². The molecule has 6 nitrogen and oxygen atoms in total. The van der Waals surface area contributed by atoms with Crippen molar-refractivity contribution in [1.82, 2.24) is 0 Å². The molecule has 1 unspecified atom stereocenters. The van der Waals surface area contributed by atoms with E-state index in [1.807, 2.05) is 0 Å². The van der Waals surface area contributed by atoms with Crippen molar-refractivity contribution in [2.24, 2.45) is 0 Å². The maximum Gasteiger partial charge on any atom is 0.306 e. The fourth-order valence-electron chi connectivity index (χ4n) is 8.94. The van der Waals surface area contributed by atoms with E-state index in [-0.39, 0.29) is 31.1 Å². The van der Waals surface area contributed by atoms with Gasteiger partial charge in [-0.25, -0.2) is 0 Å². The molecule has 0 aliphatic carbocycles. The number of allylic oxidation sites excluding steroid dienone is 22. The van der Waals surface area contributed by atoms with Gasteiger partial charge in [0.1, 0.15) is 13.2 Å². The minimum Gasteiger partial charge on any atom is -0.462 e. The van der Waals surface area contributed by atoms with E-state index in [0.717, 1.165) is 141 Å². The molecule has 0 aliphatic rings. The van der Waals surface area contributed by atoms with Crippen molar-refractivity contribution in [3.8, 4) is 0 Å². The lowest BCUT2D eigenvalue weighted by Crippen LogP contribution is -2.30. The Hall–Kier alpha value is -4.45. The average Bonchev–Trinajstić information content (AvgIpc) is 3.46. The molecule has 0 aromatic rings. The third-order valence-corrected chi connectivity index (χ3v) is 13.9. The van der Waals surface area contributed by atoms with E-state index in [9.17, 15) is 14.4 Å². The van der Waals surface area contributed by atoms with E-state index in [1.54, 1.807) is 0 Å². The van der Waals surface area contributed by atoms with Crippen LogP contribution in [0.5, 0.6) is 0 Å². The number of hydrogen-bond donors (Lipinski definition) is 0. The van der Waals surface area contributed by atoms with Crippen molar-refractivity contribution in [2.75, 3.05) is 13.2 Å². The van der Waals surface area contributed by atoms with Crippen molar-refractivity contribution < 1.29 is 28.6 Å². The van der Waals surface area contributed by atoms with Gasteiger partial charge in [0.25, 0.3) is 0 Å². The smallest absolute Gasteiger partial charge is 0.306 e. The molecule has 0 aliphatic heterocycles. The summed E-state index contributed by atoms with van der Waals surface area (Å²) in [4.78, 5) is 38.0. The third-order valence-electron chi connectivity index (χ3n) is 13.9. The molecule has 0 fully saturated rings. The second-order valence-electron chi connectivity index (χ2n) is 21.6. The predicted octanol–water partition coefficient (Wildman–Crippen LogP) is 22.9. The Kier molecular flexibility index (Phi) is 63.3. The van der Waals surface area contributed by atoms with Gasteiger partial charge in [-0.15, -0.1) is 0 Å². The Morgan fingerprint density at radius 3 is 0.762 bits per heavy atom. The number of esters is 3. The van der Waals surface area contributed by atoms with Crippen LogP contribution in [-0.2, 0) is 28.6 Å². The minimum atomic E-state index is -0.789. The zero-order valence-electron chi connectivity index (χ0n) is 52.0. The van der Waals surface area contributed by atoms with Crippen molar-refractivity contribution >= 4 is 17.9 Å². The number of ether oxygens (including phenoxy) is 3. The van der Waals surface area contributed by atoms with Crippen LogP contribution >= 0.6 is 0 Å². The number of unbranched alkanes of at least 4 members (excludes halogenated alkanes) is 26. The van der Waals surface area contributed by atoms with Gasteiger partial charge in [0.05, 0.1) is 0 Å². The molecule has 6 heteroatoms. The summed E-state index contributed by atoms with van der Waals surface area (Å²) in [5.74, 6) is -0.916. The monoisotopic (exact) mass is 1110 g/mol. The van der Waals surface area contributed by atoms with Gasteiger partial charge >= 0.3 is 17.9 Å². The zero-order valence-corrected chi connectivity index (χ0v) is 52.0. The lowest BCUT2D eigenvalue weighted by atomic mass is 10.0. The van der Waals surface area contributed by atoms with Crippen molar-refractivity contribution in [3.63, 3.8) is 0 Å². The summed E-state index contributed by atoms with van der Waals surface area (Å²) in [5.41, 5.74) is 0. The second-order valence-corrected chi connectivity index (χ2v) is 21.6. The molecule has 80 heavy (non-hydrogen) atoms. The van der Waals surface area contributed by atoms with Gasteiger partial charge in [-0.05, 0) is 122 Å². The van der Waals surface area contributed by atoms with Gasteiger partial charge in [0.15, 0.2) is 6.10 Å². The molecule has 0 rings (SSSR count). The summed E-state index contributed by atoms with van der Waals surface area (Å²) in [6.07, 6.45) is 95.0. The molecule has 0 saturated heterocycles. The van der Waals surface area contributed by atoms with E-state index in [1.165, 1.54) is 116 Å². The summed E-state index contributed by atoms with van der Waals surface area (Å²) in [6, 6.07) is 0. The highest BCUT2D eigenvalue weighted by molar-refractivity contribution is 5.71. The maximum absolute atomic E-state index is 12.9. The van der Waals surface area contributed by atoms with Crippen LogP contribution in [-0.4, -0.2) is 37.2 Å². The first-order valence-corrected chi connectivity index (χ1v) is 33.2. The first-order valence-electron chi connectivity index (χ1n) is 33.2. The molecular weight excluding hydrogens is 985 g/mol. The first kappa shape index (κ1) is 75.5. The highest BCUT2D eigenvalue weighted by atomic mass is 16.6. The van der Waals surface area contributed by atoms with E-state index in [0.29, 0.717) is 19.3 Å². The summed E-state index contributed by atoms with van der Waals surface area (Å²) < 4.78 is 16.8. The first-order chi connectivity index (χ1) is 39.5. The highest BCUT2D eigenvalue weighted by Crippen LogP contribution is 2.15. The summed E-state index contributed by atoms with van der Waals surface area (Å²) in [6.45, 7) is 6.45. The molecule has 0 bridgehead atoms. The number of carbonyl (C=O) groups excluding carboxylic acids is 3. The lowest BCUT2D eigenvalue weighted by Gasteiger charge is -2.18. The molecule has 0 aromatic heterocycles. The van der Waals surface area contributed by atoms with Crippen LogP contribution in [0.1, 0.15) is 297 Å². The molecule has 0 aromatic carbocycles. The largest absolute Gasteiger partial charge is 0.462 e. The van der Waals surface area contributed by atoms with Gasteiger partial charge in [-0.3, -0.25) is 14.4 Å². The lowest BCUT2D eigenvalue weighted by molar-refractivity contribution is -0.167. The second kappa shape index (κ2) is 67.1. The summed E-state index contributed by atoms with van der Waals surface area (Å²) in [5, 5.41) is 0. The standard InChI is InChI=1S/C74H122O6/c1-4-7-10-13-16-18-20-22-24-26-28-30-32-33-34-35-36-37-38-39-40-41-43-44-46-48-50-52-54-56-58-61-64-67-73(76)79-70-71(69-78-72(75)66-63-60-15-12-9-6-3)80-74(77)68-65-62-59-57-55-53-51-49-47-45-42-31-29-27-25-23-21-19-17-14-11-8-5-2/h7,10,16,18,21-24,27-30,33-34,36-37,39-40,43-44,48,50,71H,4-6,8-9,11-15,17,19-20,25-26,31-32,35,38,41-42,45-47,49,51-70H2,1-3H3/b10-7-,18-16-,23-21-,24-22-,29-27-,30-28-,34-33-,37-36-,40-39-,44-43-,50-48-. The van der Waals surface area contributed by atoms with Gasteiger partial charge in [-0.2, -0.15) is 0 Å². The fourth-order valence-corrected chi connectivity index (χ4v) is 8.94. The maximum atomic E-state index is 12.9. The SMILES string of the molecule is CC/C=C\C/C=C\C/C=C\C/C=C\C/C=C\C/C=C\C/C=C\C/C=C\C/C=C\CCCCCCCC(=O)OCC(COC(=O)CCCCCCCC)OC(=O)CCCCCCCCCCCCC/C=C\C/C=C\CCCCCCC. The molecule has 1 atom stereocenters. The molecule has 0 radical (unpaired) electrons. The van der Waals surface area contributed by atoms with Crippen LogP contribution in [0.2, 0.25) is 0 Å². The molecule has 454 valence electrons. The molecular formula is C74H122O6. The van der Waals surface area contributed by atoms with Crippen molar-refractivity contribution in [3.05, 3.63) is 134 Å². The number of carbonyl (C=O) groups is 3. The Balaban J connectivity index is 4.16. The Bertz CT molecular complexity index is 1700. The summed E-state index contributed by atoms with van der Waals surface area (Å²) >= 11 is 0. The van der Waals surface area contributed by atoms with Gasteiger partial charge in [0, 0.05) is 19.3 Å². The van der Waals surface area contributed by atoms with Crippen LogP contribution in [0, 0.1) is 0 Å². The number of hydrogen-bond acceptors (Lipinski definition) is 6. The van der Waals surface area contributed by atoms with Crippen LogP contribution < -0.4 is 0 Å². The summed E-state index contributed by atoms with van der Waals surface area (Å²) in [7, 11) is 0. The Labute approximate surface area is 494 Å². The average molecular weight is 1110 g/mol. The molecule has 0 N–H and O–H groups in total. The van der Waals surface area contributed by atoms with E-state index in [4.69, 9.17) is 14.2 Å². The molecule has 0 spiro atoms. The Morgan fingerprint density at radius 2 is 0.487 bits per heavy atom. The zero-order chi connectivity index (χ0) is 57.8. The van der Waals surface area contributed by atoms with Gasteiger partial charge < -0.3 is 14.2 Å². The van der Waals surface area contributed by atoms with Crippen LogP contribution in [0.4, 0.5) is 0 Å². The molecule has 0 heterocycles. The molecule has 0 amide bonds. The van der Waals surface area contributed by atoms with Crippen LogP contribution in [0.15, 0.2) is 134 Å². The Morgan fingerprint density at radius 1 is 0.263 bits per heavy atom. The predicted molar refractivity (Wildman–Crippen MR) is 348 cm³/mol. The molecule has 0 saturated carbocycles. The fraction of sp³-hybridized carbons (Fsp3) is 0.662. The third kappa shape index (κ3) is 64.4. The number of rotatable bonds is 59. The highest BCUT2D eigenvalue weighted by Gasteiger charge is 2.19. The quantitative estimate of drug-likeness (QED) is 0.0261. The van der Waals surface area contributed by atoms with Crippen LogP contribution in [0.3, 0.4) is 0 Å². The van der Waals surface area contributed by atoms with Gasteiger partial charge in [-0.1, -0.05) is 289 Å². The van der Waals surface area contributed by atoms with E-state index in [2.05, 4.69) is 154 Å². The topological polar surface area (TPSA) is 78.9 Å². The van der Waals surface area contributed by atoms with E-state index >= 15 is 0 Å². The van der Waals surface area contributed by atoms with Crippen LogP contribution in [0.25, 0.3) is 0 Å². The van der Waals surface area contributed by atoms with Gasteiger partial charge in [0.2, 0.25) is 0 Å². The van der Waals surface area contributed by atoms with Crippen molar-refractivity contribution in [2.45, 2.75) is 303 Å². The van der Waals surface area contributed by atoms with Crippen molar-refractivity contribution in [1.29, 1.82) is 0 Å².